The standard InChI is InChI=1S/C17H22N2O4/c1-12(11-19-15(22)6-7-16(19)23)10-17(2,3)8-9-18-13(20)4-5-14(18)21/h4-7,12H,8-11H2,1-3H3. The molecule has 2 rings (SSSR count). The first kappa shape index (κ1) is 17.1. The lowest BCUT2D eigenvalue weighted by atomic mass is 9.80. The van der Waals surface area contributed by atoms with Crippen LogP contribution in [0.1, 0.15) is 33.6 Å². The third kappa shape index (κ3) is 4.15. The Bertz CT molecular complexity index is 568. The third-order valence-electron chi connectivity index (χ3n) is 4.21. The van der Waals surface area contributed by atoms with Gasteiger partial charge in [0.1, 0.15) is 0 Å². The van der Waals surface area contributed by atoms with Gasteiger partial charge in [0, 0.05) is 37.4 Å². The molecule has 0 saturated heterocycles. The van der Waals surface area contributed by atoms with Gasteiger partial charge in [-0.2, -0.15) is 0 Å². The smallest absolute Gasteiger partial charge is 0.253 e. The van der Waals surface area contributed by atoms with Gasteiger partial charge in [0.25, 0.3) is 23.6 Å². The van der Waals surface area contributed by atoms with Gasteiger partial charge in [0.15, 0.2) is 0 Å². The Hall–Kier alpha value is -2.24. The van der Waals surface area contributed by atoms with E-state index in [1.165, 1.54) is 34.1 Å². The molecule has 0 aromatic carbocycles. The number of amides is 4. The summed E-state index contributed by atoms with van der Waals surface area (Å²) in [6, 6.07) is 0. The predicted octanol–water partition coefficient (Wildman–Crippen LogP) is 1.28. The van der Waals surface area contributed by atoms with Crippen LogP contribution in [-0.2, 0) is 19.2 Å². The van der Waals surface area contributed by atoms with E-state index in [1.807, 2.05) is 6.92 Å². The first-order valence-electron chi connectivity index (χ1n) is 7.77. The summed E-state index contributed by atoms with van der Waals surface area (Å²) < 4.78 is 0. The van der Waals surface area contributed by atoms with Crippen LogP contribution in [0.25, 0.3) is 0 Å². The topological polar surface area (TPSA) is 74.8 Å². The summed E-state index contributed by atoms with van der Waals surface area (Å²) in [5, 5.41) is 0. The minimum atomic E-state index is -0.266. The monoisotopic (exact) mass is 318 g/mol. The first-order chi connectivity index (χ1) is 10.7. The largest absolute Gasteiger partial charge is 0.275 e. The molecular weight excluding hydrogens is 296 g/mol. The fourth-order valence-corrected chi connectivity index (χ4v) is 3.10. The molecule has 0 aliphatic carbocycles. The SMILES string of the molecule is CC(CN1C(=O)C=CC1=O)CC(C)(C)CCN1C(=O)C=CC1=O. The molecule has 1 atom stereocenters. The zero-order valence-electron chi connectivity index (χ0n) is 13.7. The molecule has 0 N–H and O–H groups in total. The minimum absolute atomic E-state index is 0.109. The molecule has 2 aliphatic rings. The average Bonchev–Trinajstić information content (AvgIpc) is 2.93. The van der Waals surface area contributed by atoms with Gasteiger partial charge in [-0.05, 0) is 24.2 Å². The molecule has 0 fully saturated rings. The van der Waals surface area contributed by atoms with Gasteiger partial charge in [-0.25, -0.2) is 0 Å². The highest BCUT2D eigenvalue weighted by molar-refractivity contribution is 6.13. The van der Waals surface area contributed by atoms with E-state index < -0.39 is 0 Å². The summed E-state index contributed by atoms with van der Waals surface area (Å²) in [6.07, 6.45) is 6.62. The molecule has 2 aliphatic heterocycles. The maximum atomic E-state index is 11.6. The van der Waals surface area contributed by atoms with E-state index in [0.29, 0.717) is 19.5 Å². The average molecular weight is 318 g/mol. The summed E-state index contributed by atoms with van der Waals surface area (Å²) in [7, 11) is 0. The Morgan fingerprint density at radius 1 is 0.870 bits per heavy atom. The highest BCUT2D eigenvalue weighted by Gasteiger charge is 2.30. The summed E-state index contributed by atoms with van der Waals surface area (Å²) in [5.74, 6) is -0.921. The second-order valence-electron chi connectivity index (χ2n) is 7.01. The van der Waals surface area contributed by atoms with Crippen molar-refractivity contribution in [3.63, 3.8) is 0 Å². The fourth-order valence-electron chi connectivity index (χ4n) is 3.10. The zero-order chi connectivity index (χ0) is 17.2. The van der Waals surface area contributed by atoms with Crippen molar-refractivity contribution >= 4 is 23.6 Å². The van der Waals surface area contributed by atoms with Crippen molar-refractivity contribution in [1.29, 1.82) is 0 Å². The Labute approximate surface area is 135 Å². The summed E-state index contributed by atoms with van der Waals surface area (Å²) >= 11 is 0. The van der Waals surface area contributed by atoms with Gasteiger partial charge in [-0.3, -0.25) is 29.0 Å². The van der Waals surface area contributed by atoms with Crippen LogP contribution >= 0.6 is 0 Å². The van der Waals surface area contributed by atoms with E-state index in [2.05, 4.69) is 13.8 Å². The van der Waals surface area contributed by atoms with Crippen LogP contribution in [-0.4, -0.2) is 46.5 Å². The normalized spacial score (nSPS) is 19.4. The molecule has 0 aromatic rings. The molecule has 2 heterocycles. The van der Waals surface area contributed by atoms with Gasteiger partial charge in [-0.1, -0.05) is 20.8 Å². The van der Waals surface area contributed by atoms with Crippen LogP contribution in [0.4, 0.5) is 0 Å². The van der Waals surface area contributed by atoms with Crippen LogP contribution < -0.4 is 0 Å². The number of carbonyl (C=O) groups is 4. The van der Waals surface area contributed by atoms with Gasteiger partial charge in [-0.15, -0.1) is 0 Å². The molecule has 4 amide bonds. The van der Waals surface area contributed by atoms with Crippen molar-refractivity contribution < 1.29 is 19.2 Å². The molecule has 0 bridgehead atoms. The van der Waals surface area contributed by atoms with Gasteiger partial charge >= 0.3 is 0 Å². The third-order valence-corrected chi connectivity index (χ3v) is 4.21. The lowest BCUT2D eigenvalue weighted by molar-refractivity contribution is -0.139. The van der Waals surface area contributed by atoms with Crippen LogP contribution in [0, 0.1) is 11.3 Å². The van der Waals surface area contributed by atoms with Gasteiger partial charge < -0.3 is 0 Å². The van der Waals surface area contributed by atoms with E-state index in [1.54, 1.807) is 0 Å². The maximum Gasteiger partial charge on any atom is 0.253 e. The molecule has 0 aromatic heterocycles. The molecule has 0 saturated carbocycles. The number of imide groups is 2. The first-order valence-corrected chi connectivity index (χ1v) is 7.77. The molecule has 6 nitrogen and oxygen atoms in total. The van der Waals surface area contributed by atoms with E-state index >= 15 is 0 Å². The molecule has 0 spiro atoms. The lowest BCUT2D eigenvalue weighted by Crippen LogP contribution is -2.36. The van der Waals surface area contributed by atoms with Crippen LogP contribution in [0.15, 0.2) is 24.3 Å². The van der Waals surface area contributed by atoms with Crippen molar-refractivity contribution in [2.75, 3.05) is 13.1 Å². The highest BCUT2D eigenvalue weighted by atomic mass is 16.2. The zero-order valence-corrected chi connectivity index (χ0v) is 13.7. The van der Waals surface area contributed by atoms with Crippen molar-refractivity contribution in [3.05, 3.63) is 24.3 Å². The van der Waals surface area contributed by atoms with Crippen LogP contribution in [0.2, 0.25) is 0 Å². The van der Waals surface area contributed by atoms with Gasteiger partial charge in [0.05, 0.1) is 0 Å². The van der Waals surface area contributed by atoms with E-state index in [9.17, 15) is 19.2 Å². The van der Waals surface area contributed by atoms with E-state index in [0.717, 1.165) is 6.42 Å². The molecule has 6 heteroatoms. The van der Waals surface area contributed by atoms with Crippen molar-refractivity contribution in [2.24, 2.45) is 11.3 Å². The van der Waals surface area contributed by atoms with E-state index in [-0.39, 0.29) is 35.0 Å². The number of rotatable bonds is 7. The molecule has 1 unspecified atom stereocenters. The maximum absolute atomic E-state index is 11.6. The number of carbonyl (C=O) groups excluding carboxylic acids is 4. The predicted molar refractivity (Wildman–Crippen MR) is 83.9 cm³/mol. The quantitative estimate of drug-likeness (QED) is 0.663. The van der Waals surface area contributed by atoms with Crippen LogP contribution in [0.5, 0.6) is 0 Å². The highest BCUT2D eigenvalue weighted by Crippen LogP contribution is 2.30. The second kappa shape index (κ2) is 6.48. The second-order valence-corrected chi connectivity index (χ2v) is 7.01. The van der Waals surface area contributed by atoms with Crippen molar-refractivity contribution in [1.82, 2.24) is 9.80 Å². The Morgan fingerprint density at radius 3 is 1.78 bits per heavy atom. The van der Waals surface area contributed by atoms with Crippen molar-refractivity contribution in [3.8, 4) is 0 Å². The molecule has 124 valence electrons. The lowest BCUT2D eigenvalue weighted by Gasteiger charge is -2.31. The fraction of sp³-hybridized carbons (Fsp3) is 0.529. The van der Waals surface area contributed by atoms with Crippen LogP contribution in [0.3, 0.4) is 0 Å². The van der Waals surface area contributed by atoms with Crippen molar-refractivity contribution in [2.45, 2.75) is 33.6 Å². The number of hydrogen-bond donors (Lipinski definition) is 0. The molecule has 0 radical (unpaired) electrons. The Morgan fingerprint density at radius 2 is 1.30 bits per heavy atom. The summed E-state index contributed by atoms with van der Waals surface area (Å²) in [5.41, 5.74) is -0.109. The number of nitrogens with zero attached hydrogens (tertiary/aromatic N) is 2. The molecule has 23 heavy (non-hydrogen) atoms. The molecular formula is C17H22N2O4. The summed E-state index contributed by atoms with van der Waals surface area (Å²) in [6.45, 7) is 6.89. The number of hydrogen-bond acceptors (Lipinski definition) is 4. The summed E-state index contributed by atoms with van der Waals surface area (Å²) in [4.78, 5) is 48.8. The van der Waals surface area contributed by atoms with Gasteiger partial charge in [0.2, 0.25) is 0 Å². The minimum Gasteiger partial charge on any atom is -0.275 e. The Kier molecular flexibility index (Phi) is 4.82. The van der Waals surface area contributed by atoms with E-state index in [4.69, 9.17) is 0 Å². The Balaban J connectivity index is 1.83.